The number of aromatic nitrogens is 3. The fourth-order valence-electron chi connectivity index (χ4n) is 3.07. The molecule has 0 aliphatic heterocycles. The Hall–Kier alpha value is -3.80. The average molecular weight is 399 g/mol. The smallest absolute Gasteiger partial charge is 0.225 e. The molecule has 4 rings (SSSR count). The first-order chi connectivity index (χ1) is 14.8. The molecule has 0 fully saturated rings. The van der Waals surface area contributed by atoms with Crippen LogP contribution in [0.25, 0.3) is 11.3 Å². The minimum Gasteiger partial charge on any atom is -0.364 e. The lowest BCUT2D eigenvalue weighted by atomic mass is 10.1. The Bertz CT molecular complexity index is 1090. The van der Waals surface area contributed by atoms with Crippen molar-refractivity contribution in [2.24, 2.45) is 0 Å². The molecule has 150 valence electrons. The fraction of sp³-hybridized carbons (Fsp3) is 0.125. The first kappa shape index (κ1) is 19.5. The van der Waals surface area contributed by atoms with Crippen LogP contribution in [-0.2, 0) is 13.0 Å². The van der Waals surface area contributed by atoms with Gasteiger partial charge in [0.25, 0.3) is 0 Å². The quantitative estimate of drug-likeness (QED) is 0.439. The number of rotatable bonds is 8. The van der Waals surface area contributed by atoms with Crippen molar-refractivity contribution >= 4 is 11.8 Å². The van der Waals surface area contributed by atoms with E-state index in [1.165, 1.54) is 6.07 Å². The zero-order valence-corrected chi connectivity index (χ0v) is 16.4. The van der Waals surface area contributed by atoms with Crippen molar-refractivity contribution in [3.05, 3.63) is 102 Å². The molecule has 4 aromatic rings. The Kier molecular flexibility index (Phi) is 6.25. The van der Waals surface area contributed by atoms with Gasteiger partial charge in [-0.15, -0.1) is 0 Å². The third-order valence-electron chi connectivity index (χ3n) is 4.61. The summed E-state index contributed by atoms with van der Waals surface area (Å²) in [4.78, 5) is 13.5. The highest BCUT2D eigenvalue weighted by Crippen LogP contribution is 2.21. The van der Waals surface area contributed by atoms with Gasteiger partial charge in [-0.3, -0.25) is 4.98 Å². The second-order valence-electron chi connectivity index (χ2n) is 6.77. The van der Waals surface area contributed by atoms with E-state index >= 15 is 0 Å². The van der Waals surface area contributed by atoms with Gasteiger partial charge in [0, 0.05) is 24.4 Å². The Morgan fingerprint density at radius 1 is 0.800 bits per heavy atom. The second kappa shape index (κ2) is 9.60. The minimum absolute atomic E-state index is 0.198. The number of anilines is 2. The molecule has 0 aliphatic carbocycles. The van der Waals surface area contributed by atoms with Crippen molar-refractivity contribution in [1.82, 2.24) is 15.0 Å². The van der Waals surface area contributed by atoms with Gasteiger partial charge < -0.3 is 10.6 Å². The van der Waals surface area contributed by atoms with E-state index in [-0.39, 0.29) is 5.82 Å². The van der Waals surface area contributed by atoms with E-state index in [9.17, 15) is 4.39 Å². The zero-order chi connectivity index (χ0) is 20.6. The van der Waals surface area contributed by atoms with Crippen LogP contribution in [0.4, 0.5) is 16.2 Å². The topological polar surface area (TPSA) is 62.7 Å². The number of hydrogen-bond donors (Lipinski definition) is 2. The fourth-order valence-corrected chi connectivity index (χ4v) is 3.07. The molecule has 0 spiro atoms. The Labute approximate surface area is 175 Å². The predicted octanol–water partition coefficient (Wildman–Crippen LogP) is 4.94. The Balaban J connectivity index is 1.51. The van der Waals surface area contributed by atoms with Crippen LogP contribution < -0.4 is 10.6 Å². The average Bonchev–Trinajstić information content (AvgIpc) is 2.80. The summed E-state index contributed by atoms with van der Waals surface area (Å²) in [5.41, 5.74) is 3.39. The van der Waals surface area contributed by atoms with Crippen LogP contribution in [0.15, 0.2) is 85.1 Å². The van der Waals surface area contributed by atoms with E-state index in [4.69, 9.17) is 0 Å². The number of nitrogens with one attached hydrogen (secondary N) is 2. The van der Waals surface area contributed by atoms with Crippen LogP contribution in [0.1, 0.15) is 11.3 Å². The van der Waals surface area contributed by atoms with Crippen molar-refractivity contribution in [2.75, 3.05) is 17.2 Å². The van der Waals surface area contributed by atoms with Gasteiger partial charge in [0.2, 0.25) is 5.95 Å². The molecule has 2 aromatic carbocycles. The van der Waals surface area contributed by atoms with Crippen LogP contribution in [-0.4, -0.2) is 21.5 Å². The highest BCUT2D eigenvalue weighted by molar-refractivity contribution is 5.64. The van der Waals surface area contributed by atoms with Gasteiger partial charge in [0.15, 0.2) is 0 Å². The molecule has 2 N–H and O–H groups in total. The SMILES string of the molecule is Fc1ccccc1CCNc1nc(NCc2ccccn2)cc(-c2ccccc2)n1. The van der Waals surface area contributed by atoms with Crippen LogP contribution in [0.3, 0.4) is 0 Å². The monoisotopic (exact) mass is 399 g/mol. The van der Waals surface area contributed by atoms with Gasteiger partial charge in [0.1, 0.15) is 11.6 Å². The number of hydrogen-bond acceptors (Lipinski definition) is 5. The molecule has 2 heterocycles. The van der Waals surface area contributed by atoms with E-state index in [0.717, 1.165) is 17.0 Å². The van der Waals surface area contributed by atoms with Crippen LogP contribution in [0.5, 0.6) is 0 Å². The molecule has 0 unspecified atom stereocenters. The number of pyridine rings is 1. The summed E-state index contributed by atoms with van der Waals surface area (Å²) in [5, 5.41) is 6.54. The van der Waals surface area contributed by atoms with E-state index in [1.807, 2.05) is 60.7 Å². The molecule has 0 amide bonds. The Morgan fingerprint density at radius 3 is 2.40 bits per heavy atom. The normalized spacial score (nSPS) is 10.6. The van der Waals surface area contributed by atoms with E-state index in [2.05, 4.69) is 25.6 Å². The highest BCUT2D eigenvalue weighted by atomic mass is 19.1. The first-order valence-corrected chi connectivity index (χ1v) is 9.83. The van der Waals surface area contributed by atoms with Crippen molar-refractivity contribution in [3.8, 4) is 11.3 Å². The van der Waals surface area contributed by atoms with Gasteiger partial charge >= 0.3 is 0 Å². The molecule has 0 atom stereocenters. The molecule has 0 radical (unpaired) electrons. The summed E-state index contributed by atoms with van der Waals surface area (Å²) in [5.74, 6) is 0.995. The molecule has 2 aromatic heterocycles. The summed E-state index contributed by atoms with van der Waals surface area (Å²) in [6, 6.07) is 24.4. The second-order valence-corrected chi connectivity index (χ2v) is 6.77. The number of nitrogens with zero attached hydrogens (tertiary/aromatic N) is 3. The molecule has 0 bridgehead atoms. The van der Waals surface area contributed by atoms with Crippen LogP contribution in [0.2, 0.25) is 0 Å². The van der Waals surface area contributed by atoms with Crippen molar-refractivity contribution in [1.29, 1.82) is 0 Å². The summed E-state index contributed by atoms with van der Waals surface area (Å²) in [6.07, 6.45) is 2.31. The number of benzene rings is 2. The maximum atomic E-state index is 13.9. The summed E-state index contributed by atoms with van der Waals surface area (Å²) in [7, 11) is 0. The van der Waals surface area contributed by atoms with Gasteiger partial charge in [-0.25, -0.2) is 9.37 Å². The maximum Gasteiger partial charge on any atom is 0.225 e. The third-order valence-corrected chi connectivity index (χ3v) is 4.61. The van der Waals surface area contributed by atoms with Gasteiger partial charge in [-0.1, -0.05) is 54.6 Å². The largest absolute Gasteiger partial charge is 0.364 e. The summed E-state index contributed by atoms with van der Waals surface area (Å²) in [6.45, 7) is 1.08. The predicted molar refractivity (Wildman–Crippen MR) is 118 cm³/mol. The van der Waals surface area contributed by atoms with E-state index in [0.29, 0.717) is 36.8 Å². The molecule has 0 aliphatic rings. The highest BCUT2D eigenvalue weighted by Gasteiger charge is 2.08. The maximum absolute atomic E-state index is 13.9. The molecule has 0 saturated heterocycles. The van der Waals surface area contributed by atoms with E-state index in [1.54, 1.807) is 18.3 Å². The van der Waals surface area contributed by atoms with Crippen molar-refractivity contribution in [3.63, 3.8) is 0 Å². The molecular weight excluding hydrogens is 377 g/mol. The summed E-state index contributed by atoms with van der Waals surface area (Å²) < 4.78 is 13.9. The third kappa shape index (κ3) is 5.17. The lowest BCUT2D eigenvalue weighted by molar-refractivity contribution is 0.610. The molecule has 5 nitrogen and oxygen atoms in total. The standard InChI is InChI=1S/C24H22FN5/c25-21-12-5-4-8-18(21)13-15-27-24-29-22(19-9-2-1-3-10-19)16-23(30-24)28-17-20-11-6-7-14-26-20/h1-12,14,16H,13,15,17H2,(H2,27,28,29,30). The molecule has 30 heavy (non-hydrogen) atoms. The van der Waals surface area contributed by atoms with Crippen LogP contribution >= 0.6 is 0 Å². The molecule has 0 saturated carbocycles. The van der Waals surface area contributed by atoms with Gasteiger partial charge in [-0.2, -0.15) is 4.98 Å². The van der Waals surface area contributed by atoms with E-state index < -0.39 is 0 Å². The zero-order valence-electron chi connectivity index (χ0n) is 16.4. The Morgan fingerprint density at radius 2 is 1.60 bits per heavy atom. The van der Waals surface area contributed by atoms with Crippen molar-refractivity contribution in [2.45, 2.75) is 13.0 Å². The number of halogens is 1. The lowest BCUT2D eigenvalue weighted by Crippen LogP contribution is -2.11. The molecular formula is C24H22FN5. The summed E-state index contributed by atoms with van der Waals surface area (Å²) >= 11 is 0. The van der Waals surface area contributed by atoms with Crippen LogP contribution in [0, 0.1) is 5.82 Å². The minimum atomic E-state index is -0.198. The van der Waals surface area contributed by atoms with Gasteiger partial charge in [-0.05, 0) is 30.2 Å². The van der Waals surface area contributed by atoms with Gasteiger partial charge in [0.05, 0.1) is 17.9 Å². The molecule has 6 heteroatoms. The lowest BCUT2D eigenvalue weighted by Gasteiger charge is -2.12. The van der Waals surface area contributed by atoms with Crippen molar-refractivity contribution < 1.29 is 4.39 Å². The first-order valence-electron chi connectivity index (χ1n) is 9.83.